The summed E-state index contributed by atoms with van der Waals surface area (Å²) in [7, 11) is 0. The van der Waals surface area contributed by atoms with Crippen LogP contribution in [-0.2, 0) is 6.54 Å². The molecule has 0 saturated heterocycles. The summed E-state index contributed by atoms with van der Waals surface area (Å²) in [5.41, 5.74) is 0.562. The minimum absolute atomic E-state index is 0.251. The third-order valence-electron chi connectivity index (χ3n) is 2.50. The van der Waals surface area contributed by atoms with E-state index in [1.807, 2.05) is 30.3 Å². The number of aromatic nitrogens is 2. The summed E-state index contributed by atoms with van der Waals surface area (Å²) in [4.78, 5) is 22.8. The van der Waals surface area contributed by atoms with Gasteiger partial charge in [-0.25, -0.2) is 9.48 Å². The molecular formula is C13H12N2O3. The topological polar surface area (TPSA) is 72.2 Å². The monoisotopic (exact) mass is 244 g/mol. The predicted molar refractivity (Wildman–Crippen MR) is 65.7 cm³/mol. The van der Waals surface area contributed by atoms with Gasteiger partial charge in [0.25, 0.3) is 5.56 Å². The van der Waals surface area contributed by atoms with Crippen molar-refractivity contribution in [3.05, 3.63) is 63.6 Å². The maximum absolute atomic E-state index is 11.9. The molecule has 1 heterocycles. The SMILES string of the molecule is Cc1cc(C(=O)O)c(=O)n(Cc2ccccc2)n1. The summed E-state index contributed by atoms with van der Waals surface area (Å²) in [5, 5.41) is 13.0. The molecule has 1 aromatic heterocycles. The van der Waals surface area contributed by atoms with Gasteiger partial charge in [-0.2, -0.15) is 5.10 Å². The Morgan fingerprint density at radius 2 is 2.00 bits per heavy atom. The molecule has 1 aromatic carbocycles. The zero-order chi connectivity index (χ0) is 13.1. The van der Waals surface area contributed by atoms with Crippen LogP contribution in [0, 0.1) is 6.92 Å². The molecule has 2 rings (SSSR count). The molecule has 5 heteroatoms. The molecule has 0 aliphatic carbocycles. The van der Waals surface area contributed by atoms with Crippen molar-refractivity contribution < 1.29 is 9.90 Å². The predicted octanol–water partition coefficient (Wildman–Crippen LogP) is 1.30. The van der Waals surface area contributed by atoms with Crippen molar-refractivity contribution in [1.82, 2.24) is 9.78 Å². The zero-order valence-electron chi connectivity index (χ0n) is 9.83. The Morgan fingerprint density at radius 3 is 2.61 bits per heavy atom. The van der Waals surface area contributed by atoms with E-state index >= 15 is 0 Å². The highest BCUT2D eigenvalue weighted by molar-refractivity contribution is 5.87. The molecule has 2 aromatic rings. The van der Waals surface area contributed by atoms with E-state index in [1.54, 1.807) is 6.92 Å². The van der Waals surface area contributed by atoms with Gasteiger partial charge in [-0.15, -0.1) is 0 Å². The van der Waals surface area contributed by atoms with E-state index in [9.17, 15) is 9.59 Å². The first kappa shape index (κ1) is 12.0. The summed E-state index contributed by atoms with van der Waals surface area (Å²) in [5.74, 6) is -1.23. The van der Waals surface area contributed by atoms with Crippen LogP contribution in [0.4, 0.5) is 0 Å². The lowest BCUT2D eigenvalue weighted by atomic mass is 10.2. The Morgan fingerprint density at radius 1 is 1.33 bits per heavy atom. The van der Waals surface area contributed by atoms with E-state index in [0.717, 1.165) is 5.56 Å². The van der Waals surface area contributed by atoms with Crippen LogP contribution in [0.1, 0.15) is 21.6 Å². The first-order valence-corrected chi connectivity index (χ1v) is 5.44. The fourth-order valence-electron chi connectivity index (χ4n) is 1.69. The van der Waals surface area contributed by atoms with Crippen molar-refractivity contribution in [2.45, 2.75) is 13.5 Å². The number of aryl methyl sites for hydroxylation is 1. The first-order valence-electron chi connectivity index (χ1n) is 5.44. The lowest BCUT2D eigenvalue weighted by Crippen LogP contribution is -2.29. The van der Waals surface area contributed by atoms with E-state index in [4.69, 9.17) is 5.11 Å². The van der Waals surface area contributed by atoms with Gasteiger partial charge >= 0.3 is 5.97 Å². The van der Waals surface area contributed by atoms with Gasteiger partial charge in [0.05, 0.1) is 12.2 Å². The molecule has 1 N–H and O–H groups in total. The second kappa shape index (κ2) is 4.83. The summed E-state index contributed by atoms with van der Waals surface area (Å²) in [6.45, 7) is 1.93. The van der Waals surface area contributed by atoms with Crippen LogP contribution < -0.4 is 5.56 Å². The van der Waals surface area contributed by atoms with E-state index in [2.05, 4.69) is 5.10 Å². The minimum Gasteiger partial charge on any atom is -0.477 e. The number of carboxylic acid groups (broad SMARTS) is 1. The molecule has 5 nitrogen and oxygen atoms in total. The normalized spacial score (nSPS) is 10.3. The van der Waals surface area contributed by atoms with Gasteiger partial charge in [0.2, 0.25) is 0 Å². The molecule has 0 spiro atoms. The third kappa shape index (κ3) is 2.45. The first-order chi connectivity index (χ1) is 8.58. The number of benzene rings is 1. The van der Waals surface area contributed by atoms with Gasteiger partial charge in [0.1, 0.15) is 5.56 Å². The van der Waals surface area contributed by atoms with Gasteiger partial charge in [0, 0.05) is 0 Å². The minimum atomic E-state index is -1.23. The fourth-order valence-corrected chi connectivity index (χ4v) is 1.69. The van der Waals surface area contributed by atoms with Gasteiger partial charge in [0.15, 0.2) is 0 Å². The summed E-state index contributed by atoms with van der Waals surface area (Å²) >= 11 is 0. The number of hydrogen-bond acceptors (Lipinski definition) is 3. The van der Waals surface area contributed by atoms with E-state index in [1.165, 1.54) is 10.7 Å². The number of aromatic carboxylic acids is 1. The fraction of sp³-hybridized carbons (Fsp3) is 0.154. The summed E-state index contributed by atoms with van der Waals surface area (Å²) in [6, 6.07) is 10.6. The van der Waals surface area contributed by atoms with E-state index in [0.29, 0.717) is 5.69 Å². The molecule has 0 aliphatic heterocycles. The van der Waals surface area contributed by atoms with Crippen molar-refractivity contribution in [2.75, 3.05) is 0 Å². The van der Waals surface area contributed by atoms with Crippen molar-refractivity contribution in [2.24, 2.45) is 0 Å². The van der Waals surface area contributed by atoms with Crippen LogP contribution in [0.5, 0.6) is 0 Å². The second-order valence-electron chi connectivity index (χ2n) is 3.95. The molecule has 0 fully saturated rings. The number of hydrogen-bond donors (Lipinski definition) is 1. The van der Waals surface area contributed by atoms with E-state index < -0.39 is 11.5 Å². The maximum Gasteiger partial charge on any atom is 0.341 e. The van der Waals surface area contributed by atoms with Crippen LogP contribution in [0.25, 0.3) is 0 Å². The average Bonchev–Trinajstić information content (AvgIpc) is 2.34. The zero-order valence-corrected chi connectivity index (χ0v) is 9.83. The Kier molecular flexibility index (Phi) is 3.23. The number of carbonyl (C=O) groups is 1. The smallest absolute Gasteiger partial charge is 0.341 e. The van der Waals surface area contributed by atoms with Crippen molar-refractivity contribution in [3.63, 3.8) is 0 Å². The lowest BCUT2D eigenvalue weighted by Gasteiger charge is -2.07. The van der Waals surface area contributed by atoms with Crippen molar-refractivity contribution in [3.8, 4) is 0 Å². The van der Waals surface area contributed by atoms with Crippen LogP contribution >= 0.6 is 0 Å². The van der Waals surface area contributed by atoms with Gasteiger partial charge < -0.3 is 5.11 Å². The third-order valence-corrected chi connectivity index (χ3v) is 2.50. The van der Waals surface area contributed by atoms with E-state index in [-0.39, 0.29) is 12.1 Å². The summed E-state index contributed by atoms with van der Waals surface area (Å²) < 4.78 is 1.17. The molecule has 18 heavy (non-hydrogen) atoms. The Labute approximate surface area is 103 Å². The molecule has 0 atom stereocenters. The molecule has 0 amide bonds. The maximum atomic E-state index is 11.9. The molecule has 0 radical (unpaired) electrons. The second-order valence-corrected chi connectivity index (χ2v) is 3.95. The molecule has 92 valence electrons. The Balaban J connectivity index is 2.46. The van der Waals surface area contributed by atoms with Gasteiger partial charge in [-0.3, -0.25) is 4.79 Å². The molecule has 0 aliphatic rings. The lowest BCUT2D eigenvalue weighted by molar-refractivity contribution is 0.0693. The average molecular weight is 244 g/mol. The number of nitrogens with zero attached hydrogens (tertiary/aromatic N) is 2. The quantitative estimate of drug-likeness (QED) is 0.883. The van der Waals surface area contributed by atoms with Crippen LogP contribution in [0.15, 0.2) is 41.2 Å². The standard InChI is InChI=1S/C13H12N2O3/c1-9-7-11(13(17)18)12(16)15(14-9)8-10-5-3-2-4-6-10/h2-7H,8H2,1H3,(H,17,18). The molecule has 0 saturated carbocycles. The van der Waals surface area contributed by atoms with Crippen LogP contribution in [0.3, 0.4) is 0 Å². The van der Waals surface area contributed by atoms with Gasteiger partial charge in [-0.1, -0.05) is 30.3 Å². The highest BCUT2D eigenvalue weighted by atomic mass is 16.4. The van der Waals surface area contributed by atoms with Crippen molar-refractivity contribution >= 4 is 5.97 Å². The van der Waals surface area contributed by atoms with Gasteiger partial charge in [-0.05, 0) is 18.6 Å². The van der Waals surface area contributed by atoms with Crippen molar-refractivity contribution in [1.29, 1.82) is 0 Å². The number of carboxylic acids is 1. The Hall–Kier alpha value is -2.43. The highest BCUT2D eigenvalue weighted by Gasteiger charge is 2.12. The largest absolute Gasteiger partial charge is 0.477 e. The van der Waals surface area contributed by atoms with Crippen LogP contribution in [-0.4, -0.2) is 20.9 Å². The molecule has 0 bridgehead atoms. The Bertz CT molecular complexity index is 632. The highest BCUT2D eigenvalue weighted by Crippen LogP contribution is 2.01. The number of rotatable bonds is 3. The molecular weight excluding hydrogens is 232 g/mol. The molecule has 0 unspecified atom stereocenters. The summed E-state index contributed by atoms with van der Waals surface area (Å²) in [6.07, 6.45) is 0. The van der Waals surface area contributed by atoms with Crippen LogP contribution in [0.2, 0.25) is 0 Å².